The van der Waals surface area contributed by atoms with E-state index in [1.807, 2.05) is 13.8 Å². The van der Waals surface area contributed by atoms with Gasteiger partial charge in [-0.2, -0.15) is 0 Å². The average molecular weight is 230 g/mol. The van der Waals surface area contributed by atoms with Gasteiger partial charge in [-0.15, -0.1) is 4.99 Å². The summed E-state index contributed by atoms with van der Waals surface area (Å²) in [5.74, 6) is 0. The molecule has 0 atom stereocenters. The van der Waals surface area contributed by atoms with E-state index >= 15 is 0 Å². The van der Waals surface area contributed by atoms with E-state index in [0.717, 1.165) is 0 Å². The van der Waals surface area contributed by atoms with Crippen LogP contribution in [0.25, 0.3) is 0 Å². The zero-order valence-corrected chi connectivity index (χ0v) is 9.96. The number of rotatable bonds is 2. The van der Waals surface area contributed by atoms with Crippen LogP contribution in [0, 0.1) is 0 Å². The van der Waals surface area contributed by atoms with Crippen molar-refractivity contribution in [3.63, 3.8) is 0 Å². The van der Waals surface area contributed by atoms with Crippen molar-refractivity contribution in [3.05, 3.63) is 0 Å². The lowest BCUT2D eigenvalue weighted by Gasteiger charge is -2.10. The first-order valence-corrected chi connectivity index (χ1v) is 4.97. The first-order valence-electron chi connectivity index (χ1n) is 4.97. The molecule has 92 valence electrons. The van der Waals surface area contributed by atoms with Crippen LogP contribution < -0.4 is 16.0 Å². The van der Waals surface area contributed by atoms with Crippen LogP contribution in [-0.4, -0.2) is 37.8 Å². The largest absolute Gasteiger partial charge is 0.468 e. The Hall–Kier alpha value is -1.79. The van der Waals surface area contributed by atoms with E-state index in [9.17, 15) is 9.59 Å². The summed E-state index contributed by atoms with van der Waals surface area (Å²) in [4.78, 5) is 25.8. The molecule has 0 aliphatic rings. The van der Waals surface area contributed by atoms with Gasteiger partial charge in [0.25, 0.3) is 0 Å². The molecule has 0 fully saturated rings. The van der Waals surface area contributed by atoms with Gasteiger partial charge in [-0.1, -0.05) is 0 Å². The van der Waals surface area contributed by atoms with Crippen molar-refractivity contribution in [1.82, 2.24) is 16.0 Å². The number of nitrogens with zero attached hydrogens (tertiary/aromatic N) is 1. The molecule has 7 nitrogen and oxygen atoms in total. The molecule has 0 saturated carbocycles. The Morgan fingerprint density at radius 3 is 2.44 bits per heavy atom. The normalized spacial score (nSPS) is 10.9. The van der Waals surface area contributed by atoms with Gasteiger partial charge in [-0.05, 0) is 20.8 Å². The Morgan fingerprint density at radius 1 is 1.38 bits per heavy atom. The minimum atomic E-state index is -0.566. The van der Waals surface area contributed by atoms with Crippen LogP contribution in [0.3, 0.4) is 0 Å². The number of nitrogens with one attached hydrogen (secondary N) is 3. The molecule has 0 aliphatic heterocycles. The van der Waals surface area contributed by atoms with E-state index in [2.05, 4.69) is 20.9 Å². The summed E-state index contributed by atoms with van der Waals surface area (Å²) in [6.45, 7) is 5.84. The molecule has 0 aromatic heterocycles. The van der Waals surface area contributed by atoms with Crippen molar-refractivity contribution >= 4 is 18.1 Å². The second kappa shape index (κ2) is 7.49. The first kappa shape index (κ1) is 14.2. The highest BCUT2D eigenvalue weighted by molar-refractivity contribution is 5.98. The van der Waals surface area contributed by atoms with Crippen LogP contribution >= 0.6 is 0 Å². The van der Waals surface area contributed by atoms with E-state index in [4.69, 9.17) is 4.74 Å². The predicted molar refractivity (Wildman–Crippen MR) is 60.3 cm³/mol. The van der Waals surface area contributed by atoms with E-state index in [1.54, 1.807) is 6.92 Å². The van der Waals surface area contributed by atoms with Crippen molar-refractivity contribution in [2.75, 3.05) is 13.7 Å². The topological polar surface area (TPSA) is 91.8 Å². The number of carbonyl (C=O) groups excluding carboxylic acids is 2. The molecule has 0 spiro atoms. The quantitative estimate of drug-likeness (QED) is 0.474. The zero-order valence-electron chi connectivity index (χ0n) is 9.96. The highest BCUT2D eigenvalue weighted by Gasteiger charge is 2.08. The molecule has 0 heterocycles. The summed E-state index contributed by atoms with van der Waals surface area (Å²) in [5, 5.41) is 7.32. The van der Waals surface area contributed by atoms with Gasteiger partial charge < -0.3 is 15.4 Å². The van der Waals surface area contributed by atoms with Crippen LogP contribution in [0.4, 0.5) is 9.59 Å². The van der Waals surface area contributed by atoms with Crippen molar-refractivity contribution in [1.29, 1.82) is 0 Å². The van der Waals surface area contributed by atoms with Crippen molar-refractivity contribution in [2.45, 2.75) is 26.8 Å². The van der Waals surface area contributed by atoms with Gasteiger partial charge in [0.15, 0.2) is 0 Å². The molecule has 0 bridgehead atoms. The Labute approximate surface area is 94.6 Å². The van der Waals surface area contributed by atoms with Gasteiger partial charge in [0.2, 0.25) is 0 Å². The summed E-state index contributed by atoms with van der Waals surface area (Å²) in [5.41, 5.74) is 0. The van der Waals surface area contributed by atoms with Gasteiger partial charge >= 0.3 is 18.1 Å². The third-order valence-corrected chi connectivity index (χ3v) is 1.36. The Bertz CT molecular complexity index is 276. The number of methoxy groups -OCH3 is 1. The number of hydrogen-bond acceptors (Lipinski definition) is 3. The monoisotopic (exact) mass is 230 g/mol. The highest BCUT2D eigenvalue weighted by atomic mass is 16.5. The molecular weight excluding hydrogens is 212 g/mol. The summed E-state index contributed by atoms with van der Waals surface area (Å²) >= 11 is 0. The van der Waals surface area contributed by atoms with E-state index in [-0.39, 0.29) is 12.1 Å². The molecule has 0 aromatic rings. The van der Waals surface area contributed by atoms with Crippen LogP contribution in [0.5, 0.6) is 0 Å². The lowest BCUT2D eigenvalue weighted by atomic mass is 10.4. The van der Waals surface area contributed by atoms with Gasteiger partial charge in [0.05, 0.1) is 7.11 Å². The maximum Gasteiger partial charge on any atom is 0.345 e. The number of amides is 4. The second-order valence-corrected chi connectivity index (χ2v) is 3.21. The Balaban J connectivity index is 4.28. The summed E-state index contributed by atoms with van der Waals surface area (Å²) in [7, 11) is 1.31. The molecule has 0 radical (unpaired) electrons. The second-order valence-electron chi connectivity index (χ2n) is 3.21. The van der Waals surface area contributed by atoms with Crippen LogP contribution in [0.15, 0.2) is 4.99 Å². The lowest BCUT2D eigenvalue weighted by Crippen LogP contribution is -2.43. The maximum absolute atomic E-state index is 11.2. The van der Waals surface area contributed by atoms with Gasteiger partial charge in [0, 0.05) is 12.6 Å². The highest BCUT2D eigenvalue weighted by Crippen LogP contribution is 1.82. The Morgan fingerprint density at radius 2 is 2.00 bits per heavy atom. The fraction of sp³-hybridized carbons (Fsp3) is 0.667. The van der Waals surface area contributed by atoms with Gasteiger partial charge in [0.1, 0.15) is 0 Å². The van der Waals surface area contributed by atoms with Crippen molar-refractivity contribution in [2.24, 2.45) is 4.99 Å². The van der Waals surface area contributed by atoms with Gasteiger partial charge in [-0.3, -0.25) is 5.32 Å². The number of carbonyl (C=O) groups is 2. The Kier molecular flexibility index (Phi) is 6.66. The summed E-state index contributed by atoms with van der Waals surface area (Å²) in [6, 6.07) is -1.20. The van der Waals surface area contributed by atoms with Crippen LogP contribution in [0.2, 0.25) is 0 Å². The molecule has 0 aromatic carbocycles. The molecule has 0 unspecified atom stereocenters. The standard InChI is InChI=1S/C9H18N4O3/c1-5-10-7(14)12-9(16-4)13-8(15)11-6(2)3/h6H,5H2,1-4H3,(H3,10,11,12,13,14,15). The molecular formula is C9H18N4O3. The fourth-order valence-electron chi connectivity index (χ4n) is 0.803. The third-order valence-electron chi connectivity index (χ3n) is 1.36. The number of amidine groups is 1. The van der Waals surface area contributed by atoms with E-state index in [1.165, 1.54) is 7.11 Å². The minimum absolute atomic E-state index is 0.0115. The molecule has 3 N–H and O–H groups in total. The average Bonchev–Trinajstić information content (AvgIpc) is 2.15. The summed E-state index contributed by atoms with van der Waals surface area (Å²) < 4.78 is 4.74. The number of ether oxygens (including phenoxy) is 1. The molecule has 7 heteroatoms. The third kappa shape index (κ3) is 6.63. The van der Waals surface area contributed by atoms with Crippen LogP contribution in [0.1, 0.15) is 20.8 Å². The van der Waals surface area contributed by atoms with Crippen molar-refractivity contribution < 1.29 is 14.3 Å². The van der Waals surface area contributed by atoms with E-state index < -0.39 is 12.1 Å². The summed E-state index contributed by atoms with van der Waals surface area (Å²) in [6.07, 6.45) is 0. The predicted octanol–water partition coefficient (Wildman–Crippen LogP) is 0.426. The fourth-order valence-corrected chi connectivity index (χ4v) is 0.803. The number of urea groups is 2. The lowest BCUT2D eigenvalue weighted by molar-refractivity contribution is 0.239. The van der Waals surface area contributed by atoms with E-state index in [0.29, 0.717) is 6.54 Å². The smallest absolute Gasteiger partial charge is 0.345 e. The molecule has 0 rings (SSSR count). The number of aliphatic imine (C=N–C) groups is 1. The minimum Gasteiger partial charge on any atom is -0.468 e. The first-order chi connectivity index (χ1) is 7.49. The van der Waals surface area contributed by atoms with Crippen molar-refractivity contribution in [3.8, 4) is 0 Å². The maximum atomic E-state index is 11.2. The molecule has 16 heavy (non-hydrogen) atoms. The molecule has 0 saturated heterocycles. The molecule has 4 amide bonds. The zero-order chi connectivity index (χ0) is 12.6. The van der Waals surface area contributed by atoms with Gasteiger partial charge in [-0.25, -0.2) is 9.59 Å². The SMILES string of the molecule is CCNC(=O)N=C(NC(=O)NC(C)C)OC. The van der Waals surface area contributed by atoms with Crippen LogP contribution in [-0.2, 0) is 4.74 Å². The number of hydrogen-bond donors (Lipinski definition) is 3. The molecule has 0 aliphatic carbocycles.